The van der Waals surface area contributed by atoms with Crippen molar-refractivity contribution < 1.29 is 14.3 Å². The molecule has 0 heterocycles. The molecule has 0 aromatic heterocycles. The molecule has 1 rings (SSSR count). The maximum absolute atomic E-state index is 12.4. The van der Waals surface area contributed by atoms with E-state index in [0.29, 0.717) is 19.3 Å². The first-order valence-electron chi connectivity index (χ1n) is 6.98. The zero-order valence-electron chi connectivity index (χ0n) is 13.3. The van der Waals surface area contributed by atoms with Gasteiger partial charge in [0.15, 0.2) is 5.78 Å². The summed E-state index contributed by atoms with van der Waals surface area (Å²) in [6.07, 6.45) is 1.22. The van der Waals surface area contributed by atoms with Crippen molar-refractivity contribution in [3.63, 3.8) is 0 Å². The van der Waals surface area contributed by atoms with Crippen molar-refractivity contribution in [3.05, 3.63) is 33.4 Å². The molecule has 20 heavy (non-hydrogen) atoms. The van der Waals surface area contributed by atoms with Gasteiger partial charge < -0.3 is 4.74 Å². The number of rotatable bonds is 5. The highest BCUT2D eigenvalue weighted by Gasteiger charge is 2.18. The molecule has 3 nitrogen and oxygen atoms in total. The monoisotopic (exact) mass is 276 g/mol. The second-order valence-corrected chi connectivity index (χ2v) is 5.35. The number of carbonyl (C=O) groups excluding carboxylic acids is 2. The van der Waals surface area contributed by atoms with Crippen molar-refractivity contribution in [2.24, 2.45) is 0 Å². The Kier molecular flexibility index (Phi) is 5.49. The summed E-state index contributed by atoms with van der Waals surface area (Å²) < 4.78 is 4.59. The Labute approximate surface area is 121 Å². The molecule has 0 amide bonds. The lowest BCUT2D eigenvalue weighted by Gasteiger charge is -2.17. The third kappa shape index (κ3) is 3.27. The molecule has 110 valence electrons. The summed E-state index contributed by atoms with van der Waals surface area (Å²) in [5.74, 6) is -0.141. The van der Waals surface area contributed by atoms with E-state index < -0.39 is 0 Å². The molecule has 0 aliphatic carbocycles. The third-order valence-corrected chi connectivity index (χ3v) is 4.29. The molecule has 0 aliphatic heterocycles. The van der Waals surface area contributed by atoms with Crippen LogP contribution in [-0.4, -0.2) is 18.9 Å². The number of hydrogen-bond donors (Lipinski definition) is 0. The second-order valence-electron chi connectivity index (χ2n) is 5.35. The molecule has 0 fully saturated rings. The van der Waals surface area contributed by atoms with Crippen LogP contribution in [0.25, 0.3) is 0 Å². The minimum absolute atomic E-state index is 0.120. The first kappa shape index (κ1) is 16.4. The van der Waals surface area contributed by atoms with Crippen molar-refractivity contribution in [2.45, 2.75) is 53.9 Å². The largest absolute Gasteiger partial charge is 0.469 e. The Balaban J connectivity index is 2.97. The molecule has 0 saturated heterocycles. The number of ketones is 1. The van der Waals surface area contributed by atoms with Gasteiger partial charge in [-0.05, 0) is 68.9 Å². The Morgan fingerprint density at radius 1 is 0.800 bits per heavy atom. The third-order valence-electron chi connectivity index (χ3n) is 4.29. The van der Waals surface area contributed by atoms with E-state index in [1.54, 1.807) is 0 Å². The maximum Gasteiger partial charge on any atom is 0.305 e. The molecule has 3 heteroatoms. The minimum atomic E-state index is -0.262. The molecule has 0 saturated carbocycles. The summed E-state index contributed by atoms with van der Waals surface area (Å²) in [5, 5.41) is 0. The molecule has 0 N–H and O–H groups in total. The van der Waals surface area contributed by atoms with Gasteiger partial charge in [0.2, 0.25) is 0 Å². The van der Waals surface area contributed by atoms with Gasteiger partial charge in [0.1, 0.15) is 0 Å². The second kappa shape index (κ2) is 6.69. The van der Waals surface area contributed by atoms with E-state index in [4.69, 9.17) is 0 Å². The fraction of sp³-hybridized carbons (Fsp3) is 0.529. The molecule has 0 atom stereocenters. The molecule has 0 bridgehead atoms. The summed E-state index contributed by atoms with van der Waals surface area (Å²) in [7, 11) is 1.37. The highest BCUT2D eigenvalue weighted by molar-refractivity contribution is 5.99. The van der Waals surface area contributed by atoms with Crippen molar-refractivity contribution in [2.75, 3.05) is 7.11 Å². The van der Waals surface area contributed by atoms with Crippen molar-refractivity contribution in [1.29, 1.82) is 0 Å². The topological polar surface area (TPSA) is 43.4 Å². The van der Waals surface area contributed by atoms with Crippen molar-refractivity contribution >= 4 is 11.8 Å². The van der Waals surface area contributed by atoms with E-state index >= 15 is 0 Å². The number of methoxy groups -OCH3 is 1. The van der Waals surface area contributed by atoms with Gasteiger partial charge in [-0.15, -0.1) is 0 Å². The van der Waals surface area contributed by atoms with E-state index in [-0.39, 0.29) is 11.8 Å². The Hall–Kier alpha value is -1.64. The van der Waals surface area contributed by atoms with E-state index in [1.165, 1.54) is 23.8 Å². The first-order valence-corrected chi connectivity index (χ1v) is 6.98. The summed E-state index contributed by atoms with van der Waals surface area (Å²) in [5.41, 5.74) is 6.58. The number of benzene rings is 1. The summed E-state index contributed by atoms with van der Waals surface area (Å²) in [6, 6.07) is 0. The van der Waals surface area contributed by atoms with Crippen LogP contribution >= 0.6 is 0 Å². The van der Waals surface area contributed by atoms with Crippen LogP contribution in [0.1, 0.15) is 57.4 Å². The quantitative estimate of drug-likeness (QED) is 0.607. The average Bonchev–Trinajstić information content (AvgIpc) is 2.43. The molecule has 0 radical (unpaired) electrons. The summed E-state index contributed by atoms with van der Waals surface area (Å²) in [4.78, 5) is 23.5. The van der Waals surface area contributed by atoms with Crippen LogP contribution in [0.2, 0.25) is 0 Å². The molecule has 0 unspecified atom stereocenters. The SMILES string of the molecule is COC(=O)CCCC(=O)c1c(C)c(C)c(C)c(C)c1C. The normalized spacial score (nSPS) is 10.5. The lowest BCUT2D eigenvalue weighted by atomic mass is 9.87. The van der Waals surface area contributed by atoms with Gasteiger partial charge in [0, 0.05) is 18.4 Å². The number of ether oxygens (including phenoxy) is 1. The molecule has 0 spiro atoms. The fourth-order valence-corrected chi connectivity index (χ4v) is 2.54. The molecule has 1 aromatic rings. The van der Waals surface area contributed by atoms with Gasteiger partial charge in [0.25, 0.3) is 0 Å². The number of esters is 1. The first-order chi connectivity index (χ1) is 9.31. The predicted octanol–water partition coefficient (Wildman–Crippen LogP) is 3.75. The summed E-state index contributed by atoms with van der Waals surface area (Å²) in [6.45, 7) is 10.2. The molecular weight excluding hydrogens is 252 g/mol. The molecular formula is C17H24O3. The van der Waals surface area contributed by atoms with Crippen LogP contribution in [0.3, 0.4) is 0 Å². The van der Waals surface area contributed by atoms with E-state index in [9.17, 15) is 9.59 Å². The summed E-state index contributed by atoms with van der Waals surface area (Å²) >= 11 is 0. The Morgan fingerprint density at radius 2 is 1.25 bits per heavy atom. The van der Waals surface area contributed by atoms with Crippen LogP contribution in [0, 0.1) is 34.6 Å². The van der Waals surface area contributed by atoms with Gasteiger partial charge in [-0.1, -0.05) is 0 Å². The van der Waals surface area contributed by atoms with E-state index in [2.05, 4.69) is 25.5 Å². The number of carbonyl (C=O) groups is 2. The standard InChI is InChI=1S/C17H24O3/c1-10-11(2)13(4)17(14(5)12(10)3)15(18)8-7-9-16(19)20-6/h7-9H2,1-6H3. The average molecular weight is 276 g/mol. The van der Waals surface area contributed by atoms with Gasteiger partial charge in [-0.2, -0.15) is 0 Å². The highest BCUT2D eigenvalue weighted by Crippen LogP contribution is 2.27. The lowest BCUT2D eigenvalue weighted by Crippen LogP contribution is -2.10. The molecule has 0 aliphatic rings. The van der Waals surface area contributed by atoms with Crippen LogP contribution in [-0.2, 0) is 9.53 Å². The zero-order chi connectivity index (χ0) is 15.4. The van der Waals surface area contributed by atoms with Crippen molar-refractivity contribution in [1.82, 2.24) is 0 Å². The highest BCUT2D eigenvalue weighted by atomic mass is 16.5. The Bertz CT molecular complexity index is 513. The van der Waals surface area contributed by atoms with Gasteiger partial charge >= 0.3 is 5.97 Å². The molecule has 1 aromatic carbocycles. The predicted molar refractivity (Wildman–Crippen MR) is 80.3 cm³/mol. The van der Waals surface area contributed by atoms with E-state index in [1.807, 2.05) is 13.8 Å². The van der Waals surface area contributed by atoms with Crippen LogP contribution in [0.15, 0.2) is 0 Å². The minimum Gasteiger partial charge on any atom is -0.469 e. The van der Waals surface area contributed by atoms with Gasteiger partial charge in [-0.25, -0.2) is 0 Å². The fourth-order valence-electron chi connectivity index (χ4n) is 2.54. The van der Waals surface area contributed by atoms with Crippen LogP contribution in [0.5, 0.6) is 0 Å². The van der Waals surface area contributed by atoms with Gasteiger partial charge in [-0.3, -0.25) is 9.59 Å². The maximum atomic E-state index is 12.4. The lowest BCUT2D eigenvalue weighted by molar-refractivity contribution is -0.140. The van der Waals surface area contributed by atoms with E-state index in [0.717, 1.165) is 16.7 Å². The van der Waals surface area contributed by atoms with Crippen LogP contribution < -0.4 is 0 Å². The van der Waals surface area contributed by atoms with Crippen molar-refractivity contribution in [3.8, 4) is 0 Å². The Morgan fingerprint density at radius 3 is 1.70 bits per heavy atom. The number of Topliss-reactive ketones (excluding diaryl/α,β-unsaturated/α-hetero) is 1. The van der Waals surface area contributed by atoms with Crippen LogP contribution in [0.4, 0.5) is 0 Å². The van der Waals surface area contributed by atoms with Gasteiger partial charge in [0.05, 0.1) is 7.11 Å². The number of hydrogen-bond acceptors (Lipinski definition) is 3. The smallest absolute Gasteiger partial charge is 0.305 e. The zero-order valence-corrected chi connectivity index (χ0v) is 13.3.